The van der Waals surface area contributed by atoms with Crippen LogP contribution in [0.2, 0.25) is 0 Å². The molecule has 196 valence electrons. The average Bonchev–Trinajstić information content (AvgIpc) is 2.88. The maximum Gasteiger partial charge on any atom is 0.534 e. The molecule has 3 rings (SSSR count). The minimum Gasteiger partial charge on any atom is -0.497 e. The molecule has 37 heavy (non-hydrogen) atoms. The first-order chi connectivity index (χ1) is 17.6. The van der Waals surface area contributed by atoms with E-state index in [2.05, 4.69) is 4.18 Å². The number of benzene rings is 3. The van der Waals surface area contributed by atoms with Gasteiger partial charge in [-0.05, 0) is 41.5 Å². The summed E-state index contributed by atoms with van der Waals surface area (Å²) in [5.74, 6) is -0.712. The summed E-state index contributed by atoms with van der Waals surface area (Å²) in [6.45, 7) is -0.0283. The molecule has 0 unspecified atom stereocenters. The van der Waals surface area contributed by atoms with Crippen LogP contribution in [0.25, 0.3) is 5.57 Å². The van der Waals surface area contributed by atoms with Gasteiger partial charge in [0.25, 0.3) is 5.91 Å². The van der Waals surface area contributed by atoms with Gasteiger partial charge in [-0.3, -0.25) is 4.79 Å². The van der Waals surface area contributed by atoms with E-state index >= 15 is 0 Å². The van der Waals surface area contributed by atoms with E-state index in [0.717, 1.165) is 11.0 Å². The zero-order chi connectivity index (χ0) is 27.1. The van der Waals surface area contributed by atoms with Crippen molar-refractivity contribution in [3.63, 3.8) is 0 Å². The molecule has 0 heterocycles. The first-order valence-corrected chi connectivity index (χ1v) is 12.3. The molecular formula is C26H24F3NO6S. The van der Waals surface area contributed by atoms with Crippen molar-refractivity contribution in [1.29, 1.82) is 0 Å². The minimum absolute atomic E-state index is 0.0624. The summed E-state index contributed by atoms with van der Waals surface area (Å²) in [6.07, 6.45) is 1.53. The summed E-state index contributed by atoms with van der Waals surface area (Å²) >= 11 is 0. The molecule has 11 heteroatoms. The van der Waals surface area contributed by atoms with E-state index < -0.39 is 27.3 Å². The molecule has 0 aliphatic heterocycles. The molecule has 0 fully saturated rings. The summed E-state index contributed by atoms with van der Waals surface area (Å²) < 4.78 is 77.6. The van der Waals surface area contributed by atoms with E-state index in [1.54, 1.807) is 54.6 Å². The summed E-state index contributed by atoms with van der Waals surface area (Å²) in [6, 6.07) is 20.4. The zero-order valence-corrected chi connectivity index (χ0v) is 20.8. The number of nitrogens with zero attached hydrogens (tertiary/aromatic N) is 1. The molecule has 0 radical (unpaired) electrons. The van der Waals surface area contributed by atoms with Crippen LogP contribution < -0.4 is 13.8 Å². The van der Waals surface area contributed by atoms with E-state index in [1.807, 2.05) is 0 Å². The summed E-state index contributed by atoms with van der Waals surface area (Å²) in [5, 5.41) is 0. The third-order valence-corrected chi connectivity index (χ3v) is 6.12. The van der Waals surface area contributed by atoms with Crippen LogP contribution >= 0.6 is 0 Å². The van der Waals surface area contributed by atoms with Crippen molar-refractivity contribution in [1.82, 2.24) is 0 Å². The lowest BCUT2D eigenvalue weighted by molar-refractivity contribution is -0.113. The Kier molecular flexibility index (Phi) is 8.95. The van der Waals surface area contributed by atoms with Crippen LogP contribution in [0.15, 0.2) is 84.9 Å². The predicted molar refractivity (Wildman–Crippen MR) is 133 cm³/mol. The highest BCUT2D eigenvalue weighted by Crippen LogP contribution is 2.36. The number of carbonyl (C=O) groups is 1. The Labute approximate surface area is 212 Å². The van der Waals surface area contributed by atoms with Gasteiger partial charge >= 0.3 is 15.6 Å². The van der Waals surface area contributed by atoms with Crippen molar-refractivity contribution in [2.45, 2.75) is 12.1 Å². The molecule has 0 spiro atoms. The van der Waals surface area contributed by atoms with Gasteiger partial charge in [0.1, 0.15) is 5.75 Å². The van der Waals surface area contributed by atoms with Crippen LogP contribution in [0, 0.1) is 0 Å². The second-order valence-corrected chi connectivity index (χ2v) is 9.17. The number of hydrogen-bond acceptors (Lipinski definition) is 6. The van der Waals surface area contributed by atoms with Gasteiger partial charge in [-0.15, -0.1) is 0 Å². The van der Waals surface area contributed by atoms with Crippen molar-refractivity contribution in [2.75, 3.05) is 25.7 Å². The van der Waals surface area contributed by atoms with Crippen LogP contribution in [0.4, 0.5) is 18.9 Å². The number of rotatable bonds is 10. The Morgan fingerprint density at radius 2 is 1.54 bits per heavy atom. The van der Waals surface area contributed by atoms with Crippen LogP contribution in [0.1, 0.15) is 11.1 Å². The van der Waals surface area contributed by atoms with Crippen molar-refractivity contribution in [3.8, 4) is 11.5 Å². The third kappa shape index (κ3) is 6.89. The number of halogens is 3. The van der Waals surface area contributed by atoms with Gasteiger partial charge in [0, 0.05) is 12.7 Å². The van der Waals surface area contributed by atoms with Crippen molar-refractivity contribution in [3.05, 3.63) is 96.1 Å². The summed E-state index contributed by atoms with van der Waals surface area (Å²) in [7, 11) is -3.05. The zero-order valence-electron chi connectivity index (χ0n) is 19.9. The molecule has 0 bridgehead atoms. The van der Waals surface area contributed by atoms with E-state index in [0.29, 0.717) is 16.9 Å². The van der Waals surface area contributed by atoms with Crippen molar-refractivity contribution in [2.24, 2.45) is 0 Å². The highest BCUT2D eigenvalue weighted by atomic mass is 32.2. The monoisotopic (exact) mass is 535 g/mol. The lowest BCUT2D eigenvalue weighted by Crippen LogP contribution is -2.33. The van der Waals surface area contributed by atoms with Crippen LogP contribution in [0.5, 0.6) is 11.5 Å². The fourth-order valence-corrected chi connectivity index (χ4v) is 3.83. The van der Waals surface area contributed by atoms with Gasteiger partial charge in [-0.2, -0.15) is 21.6 Å². The number of amides is 1. The Balaban J connectivity index is 2.14. The predicted octanol–water partition coefficient (Wildman–Crippen LogP) is 5.19. The molecule has 0 aliphatic rings. The molecule has 7 nitrogen and oxygen atoms in total. The van der Waals surface area contributed by atoms with Gasteiger partial charge in [-0.25, -0.2) is 0 Å². The minimum atomic E-state index is -5.99. The number of alkyl halides is 3. The van der Waals surface area contributed by atoms with Gasteiger partial charge < -0.3 is 18.6 Å². The number of anilines is 1. The van der Waals surface area contributed by atoms with Gasteiger partial charge in [0.15, 0.2) is 5.75 Å². The SMILES string of the molecule is COC/C=C(\C(=O)N(Cc1ccccc1)c1ccccc1OS(=O)(=O)C(F)(F)F)c1ccc(OC)cc1. The highest BCUT2D eigenvalue weighted by Gasteiger charge is 2.49. The van der Waals surface area contributed by atoms with Gasteiger partial charge in [-0.1, -0.05) is 54.6 Å². The van der Waals surface area contributed by atoms with Gasteiger partial charge in [0.05, 0.1) is 25.9 Å². The molecule has 3 aromatic rings. The fraction of sp³-hybridized carbons (Fsp3) is 0.192. The molecular weight excluding hydrogens is 511 g/mol. The number of carbonyl (C=O) groups excluding carboxylic acids is 1. The van der Waals surface area contributed by atoms with Crippen LogP contribution in [-0.2, 0) is 26.2 Å². The van der Waals surface area contributed by atoms with E-state index in [-0.39, 0.29) is 24.4 Å². The van der Waals surface area contributed by atoms with E-state index in [4.69, 9.17) is 9.47 Å². The molecule has 0 aliphatic carbocycles. The fourth-order valence-electron chi connectivity index (χ4n) is 3.36. The van der Waals surface area contributed by atoms with Crippen LogP contribution in [0.3, 0.4) is 0 Å². The smallest absolute Gasteiger partial charge is 0.497 e. The molecule has 0 atom stereocenters. The first kappa shape index (κ1) is 27.8. The Morgan fingerprint density at radius 3 is 2.14 bits per heavy atom. The highest BCUT2D eigenvalue weighted by molar-refractivity contribution is 7.88. The Hall–Kier alpha value is -3.83. The molecule has 0 saturated carbocycles. The number of para-hydroxylation sites is 2. The van der Waals surface area contributed by atoms with Crippen molar-refractivity contribution >= 4 is 27.3 Å². The van der Waals surface area contributed by atoms with E-state index in [1.165, 1.54) is 38.5 Å². The number of methoxy groups -OCH3 is 2. The molecule has 0 saturated heterocycles. The molecule has 3 aromatic carbocycles. The Morgan fingerprint density at radius 1 is 0.919 bits per heavy atom. The molecule has 0 N–H and O–H groups in total. The summed E-state index contributed by atoms with van der Waals surface area (Å²) in [4.78, 5) is 15.1. The second kappa shape index (κ2) is 11.9. The molecule has 1 amide bonds. The lowest BCUT2D eigenvalue weighted by Gasteiger charge is -2.26. The Bertz CT molecular complexity index is 1340. The maximum absolute atomic E-state index is 14.0. The topological polar surface area (TPSA) is 82.1 Å². The number of ether oxygens (including phenoxy) is 2. The molecule has 0 aromatic heterocycles. The standard InChI is InChI=1S/C26H24F3NO6S/c1-34-17-16-22(20-12-14-21(35-2)15-13-20)25(31)30(18-19-8-4-3-5-9-19)23-10-6-7-11-24(23)36-37(32,33)26(27,28)29/h3-16H,17-18H2,1-2H3/b22-16-. The lowest BCUT2D eigenvalue weighted by atomic mass is 10.0. The largest absolute Gasteiger partial charge is 0.534 e. The van der Waals surface area contributed by atoms with Crippen molar-refractivity contribution < 1.29 is 40.0 Å². The first-order valence-electron chi connectivity index (χ1n) is 10.9. The van der Waals surface area contributed by atoms with E-state index in [9.17, 15) is 26.4 Å². The average molecular weight is 536 g/mol. The normalized spacial score (nSPS) is 12.2. The quantitative estimate of drug-likeness (QED) is 0.202. The second-order valence-electron chi connectivity index (χ2n) is 7.63. The van der Waals surface area contributed by atoms with Gasteiger partial charge in [0.2, 0.25) is 0 Å². The summed E-state index contributed by atoms with van der Waals surface area (Å²) in [5.41, 5.74) is -4.51. The maximum atomic E-state index is 14.0. The number of hydrogen-bond donors (Lipinski definition) is 0. The van der Waals surface area contributed by atoms with Crippen LogP contribution in [-0.4, -0.2) is 40.7 Å². The third-order valence-electron chi connectivity index (χ3n) is 5.15.